The molecule has 4 rings (SSSR count). The van der Waals surface area contributed by atoms with Crippen LogP contribution in [0.1, 0.15) is 44.9 Å². The van der Waals surface area contributed by atoms with Gasteiger partial charge in [0.15, 0.2) is 0 Å². The molecule has 0 radical (unpaired) electrons. The number of nitrogens with one attached hydrogen (secondary N) is 1. The summed E-state index contributed by atoms with van der Waals surface area (Å²) in [6, 6.07) is 6.93. The van der Waals surface area contributed by atoms with E-state index in [9.17, 15) is 19.5 Å². The van der Waals surface area contributed by atoms with Gasteiger partial charge in [0.1, 0.15) is 0 Å². The second-order valence-electron chi connectivity index (χ2n) is 8.17. The van der Waals surface area contributed by atoms with Crippen LogP contribution in [0.3, 0.4) is 0 Å². The van der Waals surface area contributed by atoms with Crippen LogP contribution in [-0.2, 0) is 11.3 Å². The van der Waals surface area contributed by atoms with Crippen LogP contribution in [-0.4, -0.2) is 44.2 Å². The van der Waals surface area contributed by atoms with Crippen LogP contribution in [0.2, 0.25) is 0 Å². The average Bonchev–Trinajstić information content (AvgIpc) is 2.69. The van der Waals surface area contributed by atoms with E-state index in [4.69, 9.17) is 0 Å². The molecule has 2 heterocycles. The highest BCUT2D eigenvalue weighted by Gasteiger charge is 2.43. The standard InChI is InChI=1S/C21H27N3O4/c25-18(23-13-11-21(28)10-4-3-6-15(21)14-23)9-5-12-24-19(26)16-7-1-2-8-17(16)22-20(24)27/h1-2,7-8,15,28H,3-6,9-14H2,(H,22,27)/t15-,21-/m1/s1. The van der Waals surface area contributed by atoms with Gasteiger partial charge in [0.05, 0.1) is 16.5 Å². The molecule has 2 aliphatic rings. The third-order valence-electron chi connectivity index (χ3n) is 6.44. The van der Waals surface area contributed by atoms with Gasteiger partial charge in [0.2, 0.25) is 5.91 Å². The number of nitrogens with zero attached hydrogens (tertiary/aromatic N) is 2. The molecular weight excluding hydrogens is 358 g/mol. The van der Waals surface area contributed by atoms with E-state index in [1.54, 1.807) is 24.3 Å². The Morgan fingerprint density at radius 2 is 2.04 bits per heavy atom. The van der Waals surface area contributed by atoms with E-state index in [1.807, 2.05) is 4.90 Å². The lowest BCUT2D eigenvalue weighted by atomic mass is 9.71. The molecular formula is C21H27N3O4. The third-order valence-corrected chi connectivity index (χ3v) is 6.44. The number of fused-ring (bicyclic) bond motifs is 2. The molecule has 0 spiro atoms. The summed E-state index contributed by atoms with van der Waals surface area (Å²) in [4.78, 5) is 41.9. The Bertz CT molecular complexity index is 995. The lowest BCUT2D eigenvalue weighted by Crippen LogP contribution is -2.54. The van der Waals surface area contributed by atoms with E-state index in [2.05, 4.69) is 4.98 Å². The fraction of sp³-hybridized carbons (Fsp3) is 0.571. The predicted molar refractivity (Wildman–Crippen MR) is 106 cm³/mol. The van der Waals surface area contributed by atoms with Crippen LogP contribution in [0.15, 0.2) is 33.9 Å². The maximum atomic E-state index is 12.6. The van der Waals surface area contributed by atoms with Gasteiger partial charge in [-0.1, -0.05) is 25.0 Å². The Morgan fingerprint density at radius 3 is 2.89 bits per heavy atom. The van der Waals surface area contributed by atoms with Crippen LogP contribution in [0.5, 0.6) is 0 Å². The van der Waals surface area contributed by atoms with Crippen molar-refractivity contribution in [1.82, 2.24) is 14.5 Å². The van der Waals surface area contributed by atoms with E-state index in [0.29, 0.717) is 43.3 Å². The summed E-state index contributed by atoms with van der Waals surface area (Å²) in [6.45, 7) is 1.42. The van der Waals surface area contributed by atoms with E-state index in [0.717, 1.165) is 25.7 Å². The predicted octanol–water partition coefficient (Wildman–Crippen LogP) is 1.62. The Balaban J connectivity index is 1.38. The second kappa shape index (κ2) is 7.54. The fourth-order valence-corrected chi connectivity index (χ4v) is 4.75. The topological polar surface area (TPSA) is 95.4 Å². The van der Waals surface area contributed by atoms with Crippen LogP contribution in [0.4, 0.5) is 0 Å². The number of H-pyrrole nitrogens is 1. The van der Waals surface area contributed by atoms with Crippen molar-refractivity contribution in [1.29, 1.82) is 0 Å². The second-order valence-corrected chi connectivity index (χ2v) is 8.17. The van der Waals surface area contributed by atoms with E-state index >= 15 is 0 Å². The van der Waals surface area contributed by atoms with Gasteiger partial charge in [0.25, 0.3) is 5.56 Å². The van der Waals surface area contributed by atoms with Crippen molar-refractivity contribution in [2.45, 2.75) is 57.1 Å². The Morgan fingerprint density at radius 1 is 1.21 bits per heavy atom. The van der Waals surface area contributed by atoms with Crippen LogP contribution >= 0.6 is 0 Å². The van der Waals surface area contributed by atoms with Gasteiger partial charge in [-0.25, -0.2) is 4.79 Å². The minimum atomic E-state index is -0.596. The lowest BCUT2D eigenvalue weighted by molar-refractivity contribution is -0.143. The van der Waals surface area contributed by atoms with Gasteiger partial charge in [-0.15, -0.1) is 0 Å². The third kappa shape index (κ3) is 3.51. The Labute approximate surface area is 163 Å². The zero-order valence-electron chi connectivity index (χ0n) is 16.0. The van der Waals surface area contributed by atoms with Crippen molar-refractivity contribution in [2.75, 3.05) is 13.1 Å². The van der Waals surface area contributed by atoms with Crippen molar-refractivity contribution >= 4 is 16.8 Å². The number of hydrogen-bond donors (Lipinski definition) is 2. The van der Waals surface area contributed by atoms with Gasteiger partial charge in [-0.3, -0.25) is 14.2 Å². The first-order valence-electron chi connectivity index (χ1n) is 10.2. The molecule has 7 nitrogen and oxygen atoms in total. The smallest absolute Gasteiger partial charge is 0.328 e. The minimum absolute atomic E-state index is 0.0397. The summed E-state index contributed by atoms with van der Waals surface area (Å²) in [7, 11) is 0. The molecule has 2 N–H and O–H groups in total. The van der Waals surface area contributed by atoms with E-state index in [-0.39, 0.29) is 23.9 Å². The average molecular weight is 385 g/mol. The highest BCUT2D eigenvalue weighted by molar-refractivity contribution is 5.77. The number of piperidine rings is 1. The molecule has 1 amide bonds. The van der Waals surface area contributed by atoms with E-state index < -0.39 is 11.3 Å². The lowest BCUT2D eigenvalue weighted by Gasteiger charge is -2.47. The molecule has 2 atom stereocenters. The van der Waals surface area contributed by atoms with Crippen molar-refractivity contribution < 1.29 is 9.90 Å². The molecule has 1 saturated heterocycles. The number of rotatable bonds is 4. The molecule has 28 heavy (non-hydrogen) atoms. The maximum absolute atomic E-state index is 12.6. The molecule has 1 aromatic carbocycles. The molecule has 1 aliphatic carbocycles. The summed E-state index contributed by atoms with van der Waals surface area (Å²) < 4.78 is 1.17. The number of carbonyl (C=O) groups is 1. The number of aliphatic hydroxyl groups is 1. The van der Waals surface area contributed by atoms with Crippen molar-refractivity contribution in [3.63, 3.8) is 0 Å². The van der Waals surface area contributed by atoms with Crippen LogP contribution in [0.25, 0.3) is 10.9 Å². The summed E-state index contributed by atoms with van der Waals surface area (Å²) in [5.41, 5.74) is -0.836. The summed E-state index contributed by atoms with van der Waals surface area (Å²) in [5, 5.41) is 11.2. The maximum Gasteiger partial charge on any atom is 0.328 e. The Kier molecular flexibility index (Phi) is 5.10. The van der Waals surface area contributed by atoms with Crippen LogP contribution in [0, 0.1) is 5.92 Å². The molecule has 7 heteroatoms. The van der Waals surface area contributed by atoms with Crippen LogP contribution < -0.4 is 11.2 Å². The number of carbonyl (C=O) groups excluding carboxylic acids is 1. The highest BCUT2D eigenvalue weighted by Crippen LogP contribution is 2.39. The first-order chi connectivity index (χ1) is 13.5. The fourth-order valence-electron chi connectivity index (χ4n) is 4.75. The number of hydrogen-bond acceptors (Lipinski definition) is 4. The highest BCUT2D eigenvalue weighted by atomic mass is 16.3. The molecule has 1 aromatic heterocycles. The van der Waals surface area contributed by atoms with Crippen molar-refractivity contribution in [3.05, 3.63) is 45.1 Å². The summed E-state index contributed by atoms with van der Waals surface area (Å²) in [5.74, 6) is 0.211. The zero-order valence-corrected chi connectivity index (χ0v) is 16.0. The number of para-hydroxylation sites is 1. The Hall–Kier alpha value is -2.41. The molecule has 1 aliphatic heterocycles. The summed E-state index contributed by atoms with van der Waals surface area (Å²) >= 11 is 0. The SMILES string of the molecule is O=C(CCCn1c(=O)[nH]c2ccccc2c1=O)N1CC[C@]2(O)CCCC[C@@H]2C1. The molecule has 1 saturated carbocycles. The molecule has 2 fully saturated rings. The first kappa shape index (κ1) is 18.9. The van der Waals surface area contributed by atoms with Gasteiger partial charge in [-0.2, -0.15) is 0 Å². The summed E-state index contributed by atoms with van der Waals surface area (Å²) in [6.07, 6.45) is 5.37. The molecule has 0 bridgehead atoms. The van der Waals surface area contributed by atoms with Crippen molar-refractivity contribution in [2.24, 2.45) is 5.92 Å². The van der Waals surface area contributed by atoms with Gasteiger partial charge in [-0.05, 0) is 37.8 Å². The van der Waals surface area contributed by atoms with Gasteiger partial charge in [0, 0.05) is 32.0 Å². The minimum Gasteiger partial charge on any atom is -0.389 e. The number of benzene rings is 1. The van der Waals surface area contributed by atoms with Crippen molar-refractivity contribution in [3.8, 4) is 0 Å². The monoisotopic (exact) mass is 385 g/mol. The number of aromatic amines is 1. The van der Waals surface area contributed by atoms with E-state index in [1.165, 1.54) is 4.57 Å². The number of amides is 1. The molecule has 150 valence electrons. The first-order valence-corrected chi connectivity index (χ1v) is 10.2. The molecule has 2 aromatic rings. The zero-order chi connectivity index (χ0) is 19.7. The quantitative estimate of drug-likeness (QED) is 0.836. The number of likely N-dealkylation sites (tertiary alicyclic amines) is 1. The van der Waals surface area contributed by atoms with Gasteiger partial charge < -0.3 is 15.0 Å². The number of aromatic nitrogens is 2. The largest absolute Gasteiger partial charge is 0.389 e. The molecule has 0 unspecified atom stereocenters. The van der Waals surface area contributed by atoms with Gasteiger partial charge >= 0.3 is 5.69 Å². The normalized spacial score (nSPS) is 24.9.